The van der Waals surface area contributed by atoms with Crippen molar-refractivity contribution in [3.63, 3.8) is 0 Å². The Bertz CT molecular complexity index is 162. The van der Waals surface area contributed by atoms with Gasteiger partial charge in [-0.05, 0) is 25.7 Å². The molecule has 4 nitrogen and oxygen atoms in total. The van der Waals surface area contributed by atoms with E-state index in [9.17, 15) is 0 Å². The first kappa shape index (κ1) is 10.9. The van der Waals surface area contributed by atoms with E-state index in [1.165, 1.54) is 0 Å². The smallest absolute Gasteiger partial charge is 0.0184 e. The van der Waals surface area contributed by atoms with Crippen LogP contribution in [-0.4, -0.2) is 24.2 Å². The van der Waals surface area contributed by atoms with Gasteiger partial charge in [0.15, 0.2) is 0 Å². The van der Waals surface area contributed by atoms with E-state index in [0.717, 1.165) is 32.1 Å². The van der Waals surface area contributed by atoms with Crippen molar-refractivity contribution in [2.75, 3.05) is 6.54 Å². The van der Waals surface area contributed by atoms with Gasteiger partial charge in [0, 0.05) is 24.2 Å². The van der Waals surface area contributed by atoms with Gasteiger partial charge < -0.3 is 22.9 Å². The highest BCUT2D eigenvalue weighted by Gasteiger charge is 2.32. The van der Waals surface area contributed by atoms with Crippen molar-refractivity contribution in [1.29, 1.82) is 0 Å². The van der Waals surface area contributed by atoms with Crippen LogP contribution in [0.5, 0.6) is 0 Å². The molecule has 3 unspecified atom stereocenters. The lowest BCUT2D eigenvalue weighted by Crippen LogP contribution is -2.52. The summed E-state index contributed by atoms with van der Waals surface area (Å²) >= 11 is 0. The van der Waals surface area contributed by atoms with Gasteiger partial charge in [-0.25, -0.2) is 0 Å². The van der Waals surface area contributed by atoms with Gasteiger partial charge in [-0.3, -0.25) is 0 Å². The number of nitrogens with two attached hydrogens (primary N) is 4. The Kier molecular flexibility index (Phi) is 3.67. The summed E-state index contributed by atoms with van der Waals surface area (Å²) < 4.78 is 0. The Morgan fingerprint density at radius 2 is 2.15 bits per heavy atom. The Morgan fingerprint density at radius 1 is 1.46 bits per heavy atom. The molecule has 1 saturated carbocycles. The molecule has 3 atom stereocenters. The lowest BCUT2D eigenvalue weighted by Gasteiger charge is -2.38. The minimum Gasteiger partial charge on any atom is -0.329 e. The standard InChI is InChI=1S/C9H22N4/c10-6-8(12)5-9(13)3-1-2-7(11)4-9/h7-8H,1-6,10-13H2. The van der Waals surface area contributed by atoms with Gasteiger partial charge >= 0.3 is 0 Å². The maximum absolute atomic E-state index is 6.21. The molecule has 1 fully saturated rings. The molecule has 4 heteroatoms. The molecule has 8 N–H and O–H groups in total. The second kappa shape index (κ2) is 4.37. The third-order valence-electron chi connectivity index (χ3n) is 2.89. The normalized spacial score (nSPS) is 37.4. The highest BCUT2D eigenvalue weighted by molar-refractivity contribution is 4.94. The minimum atomic E-state index is -0.156. The van der Waals surface area contributed by atoms with E-state index in [1.54, 1.807) is 0 Å². The van der Waals surface area contributed by atoms with Crippen LogP contribution in [0.2, 0.25) is 0 Å². The summed E-state index contributed by atoms with van der Waals surface area (Å²) in [5.74, 6) is 0. The Labute approximate surface area is 80.0 Å². The third-order valence-corrected chi connectivity index (χ3v) is 2.89. The molecule has 78 valence electrons. The summed E-state index contributed by atoms with van der Waals surface area (Å²) in [4.78, 5) is 0. The number of rotatable bonds is 3. The maximum atomic E-state index is 6.21. The molecule has 0 aliphatic heterocycles. The van der Waals surface area contributed by atoms with E-state index >= 15 is 0 Å². The van der Waals surface area contributed by atoms with Crippen LogP contribution in [-0.2, 0) is 0 Å². The number of hydrogen-bond donors (Lipinski definition) is 4. The average molecular weight is 186 g/mol. The van der Waals surface area contributed by atoms with Crippen molar-refractivity contribution < 1.29 is 0 Å². The van der Waals surface area contributed by atoms with Gasteiger partial charge in [0.25, 0.3) is 0 Å². The molecule has 13 heavy (non-hydrogen) atoms. The molecule has 0 saturated heterocycles. The van der Waals surface area contributed by atoms with Gasteiger partial charge in [-0.15, -0.1) is 0 Å². The molecular formula is C9H22N4. The molecule has 1 rings (SSSR count). The fourth-order valence-electron chi connectivity index (χ4n) is 2.23. The zero-order valence-corrected chi connectivity index (χ0v) is 8.21. The van der Waals surface area contributed by atoms with Crippen LogP contribution >= 0.6 is 0 Å². The molecule has 1 aliphatic carbocycles. The van der Waals surface area contributed by atoms with Crippen LogP contribution in [0.1, 0.15) is 32.1 Å². The first-order chi connectivity index (χ1) is 6.06. The largest absolute Gasteiger partial charge is 0.329 e. The van der Waals surface area contributed by atoms with Gasteiger partial charge in [0.05, 0.1) is 0 Å². The highest BCUT2D eigenvalue weighted by Crippen LogP contribution is 2.28. The van der Waals surface area contributed by atoms with Crippen LogP contribution in [0.3, 0.4) is 0 Å². The van der Waals surface area contributed by atoms with Crippen molar-refractivity contribution in [2.24, 2.45) is 22.9 Å². The van der Waals surface area contributed by atoms with Crippen molar-refractivity contribution in [2.45, 2.75) is 49.7 Å². The van der Waals surface area contributed by atoms with Crippen LogP contribution in [0.15, 0.2) is 0 Å². The Balaban J connectivity index is 2.44. The monoisotopic (exact) mass is 186 g/mol. The van der Waals surface area contributed by atoms with E-state index < -0.39 is 0 Å². The second-order valence-corrected chi connectivity index (χ2v) is 4.42. The second-order valence-electron chi connectivity index (χ2n) is 4.42. The van der Waals surface area contributed by atoms with Crippen LogP contribution in [0.4, 0.5) is 0 Å². The highest BCUT2D eigenvalue weighted by atomic mass is 14.8. The van der Waals surface area contributed by atoms with E-state index in [-0.39, 0.29) is 17.6 Å². The lowest BCUT2D eigenvalue weighted by atomic mass is 9.76. The topological polar surface area (TPSA) is 104 Å². The SMILES string of the molecule is NCC(N)CC1(N)CCCC(N)C1. The zero-order valence-electron chi connectivity index (χ0n) is 8.21. The van der Waals surface area contributed by atoms with E-state index in [2.05, 4.69) is 0 Å². The molecule has 0 radical (unpaired) electrons. The summed E-state index contributed by atoms with van der Waals surface area (Å²) in [6.45, 7) is 0.508. The van der Waals surface area contributed by atoms with Crippen molar-refractivity contribution in [3.8, 4) is 0 Å². The summed E-state index contributed by atoms with van der Waals surface area (Å²) in [6.07, 6.45) is 4.94. The van der Waals surface area contributed by atoms with Crippen molar-refractivity contribution >= 4 is 0 Å². The third kappa shape index (κ3) is 3.23. The Morgan fingerprint density at radius 3 is 2.69 bits per heavy atom. The summed E-state index contributed by atoms with van der Waals surface area (Å²) in [5, 5.41) is 0. The molecule has 0 aromatic carbocycles. The van der Waals surface area contributed by atoms with E-state index in [1.807, 2.05) is 0 Å². The summed E-state index contributed by atoms with van der Waals surface area (Å²) in [5.41, 5.74) is 23.2. The van der Waals surface area contributed by atoms with Gasteiger partial charge in [-0.2, -0.15) is 0 Å². The average Bonchev–Trinajstić information content (AvgIpc) is 2.02. The molecule has 0 spiro atoms. The molecule has 0 heterocycles. The molecular weight excluding hydrogens is 164 g/mol. The zero-order chi connectivity index (χ0) is 9.90. The van der Waals surface area contributed by atoms with Crippen LogP contribution in [0.25, 0.3) is 0 Å². The minimum absolute atomic E-state index is 0.0234. The van der Waals surface area contributed by atoms with Crippen molar-refractivity contribution in [3.05, 3.63) is 0 Å². The fraction of sp³-hybridized carbons (Fsp3) is 1.00. The lowest BCUT2D eigenvalue weighted by molar-refractivity contribution is 0.240. The fourth-order valence-corrected chi connectivity index (χ4v) is 2.23. The van der Waals surface area contributed by atoms with E-state index in [0.29, 0.717) is 6.54 Å². The molecule has 0 aromatic rings. The summed E-state index contributed by atoms with van der Waals surface area (Å²) in [7, 11) is 0. The quantitative estimate of drug-likeness (QED) is 0.466. The summed E-state index contributed by atoms with van der Waals surface area (Å²) in [6, 6.07) is 0.277. The molecule has 0 bridgehead atoms. The maximum Gasteiger partial charge on any atom is 0.0184 e. The molecule has 0 aromatic heterocycles. The van der Waals surface area contributed by atoms with Crippen LogP contribution < -0.4 is 22.9 Å². The van der Waals surface area contributed by atoms with E-state index in [4.69, 9.17) is 22.9 Å². The molecule has 1 aliphatic rings. The predicted octanol–water partition coefficient (Wildman–Crippen LogP) is -0.739. The van der Waals surface area contributed by atoms with Crippen LogP contribution in [0, 0.1) is 0 Å². The molecule has 0 amide bonds. The van der Waals surface area contributed by atoms with Gasteiger partial charge in [0.2, 0.25) is 0 Å². The van der Waals surface area contributed by atoms with Crippen molar-refractivity contribution in [1.82, 2.24) is 0 Å². The number of hydrogen-bond acceptors (Lipinski definition) is 4. The van der Waals surface area contributed by atoms with Gasteiger partial charge in [0.1, 0.15) is 0 Å². The Hall–Kier alpha value is -0.160. The van der Waals surface area contributed by atoms with Gasteiger partial charge in [-0.1, -0.05) is 6.42 Å². The predicted molar refractivity (Wildman–Crippen MR) is 55.0 cm³/mol. The first-order valence-corrected chi connectivity index (χ1v) is 5.06. The first-order valence-electron chi connectivity index (χ1n) is 5.06.